The van der Waals surface area contributed by atoms with Crippen molar-refractivity contribution in [2.45, 2.75) is 59.0 Å². The second-order valence-corrected chi connectivity index (χ2v) is 10.4. The van der Waals surface area contributed by atoms with E-state index in [1.54, 1.807) is 27.7 Å². The number of fused-ring (bicyclic) bond motifs is 2. The van der Waals surface area contributed by atoms with Gasteiger partial charge in [0.15, 0.2) is 11.5 Å². The Hall–Kier alpha value is -4.03. The molecule has 9 heteroatoms. The minimum Gasteiger partial charge on any atom is -0.324 e. The fraction of sp³-hybridized carbons (Fsp3) is 0.370. The van der Waals surface area contributed by atoms with Gasteiger partial charge in [-0.15, -0.1) is 0 Å². The van der Waals surface area contributed by atoms with Gasteiger partial charge in [-0.05, 0) is 62.2 Å². The van der Waals surface area contributed by atoms with Gasteiger partial charge in [0.1, 0.15) is 11.5 Å². The molecule has 0 bridgehead atoms. The first-order valence-electron chi connectivity index (χ1n) is 12.2. The Balaban J connectivity index is 1.66. The third kappa shape index (κ3) is 4.14. The molecule has 3 aromatic heterocycles. The van der Waals surface area contributed by atoms with Crippen LogP contribution in [0, 0.1) is 11.3 Å². The number of anilines is 2. The van der Waals surface area contributed by atoms with Crippen molar-refractivity contribution in [1.82, 2.24) is 29.6 Å². The standard InChI is InChI=1S/C27H30N8O/c1-16(2)34-25(36)21-15-30-26(31-20-8-6-19-14-29-11-10-17(19)12-20)33-24(21)35(34)22-9-7-18(13-28)23(32-22)27(3,4)5/h6-9,12,15-16,29H,10-11,14H2,1-5H3,(H,30,31,33). The van der Waals surface area contributed by atoms with Crippen LogP contribution in [0.5, 0.6) is 0 Å². The monoisotopic (exact) mass is 482 g/mol. The van der Waals surface area contributed by atoms with E-state index in [0.29, 0.717) is 34.1 Å². The van der Waals surface area contributed by atoms with Crippen LogP contribution in [-0.2, 0) is 18.4 Å². The van der Waals surface area contributed by atoms with Crippen molar-refractivity contribution in [3.05, 3.63) is 69.3 Å². The zero-order valence-electron chi connectivity index (χ0n) is 21.3. The van der Waals surface area contributed by atoms with Crippen molar-refractivity contribution in [2.24, 2.45) is 0 Å². The maximum Gasteiger partial charge on any atom is 0.278 e. The van der Waals surface area contributed by atoms with E-state index in [0.717, 1.165) is 25.2 Å². The lowest BCUT2D eigenvalue weighted by Gasteiger charge is -2.21. The van der Waals surface area contributed by atoms with Gasteiger partial charge in [-0.3, -0.25) is 4.79 Å². The minimum absolute atomic E-state index is 0.145. The highest BCUT2D eigenvalue weighted by Crippen LogP contribution is 2.27. The number of hydrogen-bond donors (Lipinski definition) is 2. The Bertz CT molecular complexity index is 1570. The summed E-state index contributed by atoms with van der Waals surface area (Å²) >= 11 is 0. The van der Waals surface area contributed by atoms with Gasteiger partial charge in [0.05, 0.1) is 11.3 Å². The van der Waals surface area contributed by atoms with Gasteiger partial charge in [0, 0.05) is 29.9 Å². The molecule has 1 aliphatic heterocycles. The summed E-state index contributed by atoms with van der Waals surface area (Å²) in [6.07, 6.45) is 2.54. The SMILES string of the molecule is CC(C)n1c(=O)c2cnc(Nc3ccc4c(c3)CCNC4)nc2n1-c1ccc(C#N)c(C(C)(C)C)n1. The lowest BCUT2D eigenvalue weighted by atomic mass is 9.88. The van der Waals surface area contributed by atoms with Gasteiger partial charge in [0.2, 0.25) is 5.95 Å². The van der Waals surface area contributed by atoms with Gasteiger partial charge in [-0.25, -0.2) is 19.3 Å². The Morgan fingerprint density at radius 3 is 2.67 bits per heavy atom. The van der Waals surface area contributed by atoms with Crippen molar-refractivity contribution in [3.63, 3.8) is 0 Å². The second kappa shape index (κ2) is 8.88. The number of hydrogen-bond acceptors (Lipinski definition) is 7. The van der Waals surface area contributed by atoms with Crippen LogP contribution in [0.4, 0.5) is 11.6 Å². The van der Waals surface area contributed by atoms with E-state index in [2.05, 4.69) is 33.8 Å². The highest BCUT2D eigenvalue weighted by Gasteiger charge is 2.24. The Morgan fingerprint density at radius 2 is 1.94 bits per heavy atom. The number of nitriles is 1. The Labute approximate surface area is 209 Å². The van der Waals surface area contributed by atoms with Crippen LogP contribution in [0.3, 0.4) is 0 Å². The first-order valence-corrected chi connectivity index (χ1v) is 12.2. The largest absolute Gasteiger partial charge is 0.324 e. The highest BCUT2D eigenvalue weighted by molar-refractivity contribution is 5.77. The molecule has 4 aromatic rings. The van der Waals surface area contributed by atoms with Crippen LogP contribution < -0.4 is 16.2 Å². The molecule has 4 heterocycles. The van der Waals surface area contributed by atoms with Crippen molar-refractivity contribution in [3.8, 4) is 11.9 Å². The molecule has 184 valence electrons. The third-order valence-electron chi connectivity index (χ3n) is 6.39. The average molecular weight is 483 g/mol. The highest BCUT2D eigenvalue weighted by atomic mass is 16.1. The normalized spacial score (nSPS) is 13.6. The minimum atomic E-state index is -0.351. The summed E-state index contributed by atoms with van der Waals surface area (Å²) in [5.74, 6) is 0.932. The van der Waals surface area contributed by atoms with E-state index in [9.17, 15) is 10.1 Å². The smallest absolute Gasteiger partial charge is 0.278 e. The quantitative estimate of drug-likeness (QED) is 0.450. The Kier molecular flexibility index (Phi) is 5.85. The molecule has 36 heavy (non-hydrogen) atoms. The predicted octanol–water partition coefficient (Wildman–Crippen LogP) is 4.12. The summed E-state index contributed by atoms with van der Waals surface area (Å²) in [5, 5.41) is 16.7. The number of rotatable bonds is 4. The lowest BCUT2D eigenvalue weighted by molar-refractivity contribution is 0.469. The van der Waals surface area contributed by atoms with Crippen molar-refractivity contribution in [1.29, 1.82) is 5.26 Å². The van der Waals surface area contributed by atoms with Crippen LogP contribution in [-0.4, -0.2) is 30.9 Å². The summed E-state index contributed by atoms with van der Waals surface area (Å²) in [6, 6.07) is 11.9. The van der Waals surface area contributed by atoms with Crippen molar-refractivity contribution in [2.75, 3.05) is 11.9 Å². The van der Waals surface area contributed by atoms with Crippen LogP contribution in [0.1, 0.15) is 63.0 Å². The molecule has 1 aromatic carbocycles. The first kappa shape index (κ1) is 23.7. The molecule has 2 N–H and O–H groups in total. The molecule has 0 fully saturated rings. The molecule has 1 aliphatic rings. The summed E-state index contributed by atoms with van der Waals surface area (Å²) in [6.45, 7) is 11.8. The molecule has 9 nitrogen and oxygen atoms in total. The predicted molar refractivity (Wildman–Crippen MR) is 140 cm³/mol. The topological polar surface area (TPSA) is 113 Å². The lowest BCUT2D eigenvalue weighted by Crippen LogP contribution is -2.25. The fourth-order valence-corrected chi connectivity index (χ4v) is 4.66. The van der Waals surface area contributed by atoms with E-state index < -0.39 is 0 Å². The van der Waals surface area contributed by atoms with Gasteiger partial charge < -0.3 is 10.6 Å². The van der Waals surface area contributed by atoms with Gasteiger partial charge >= 0.3 is 0 Å². The van der Waals surface area contributed by atoms with E-state index in [1.165, 1.54) is 11.1 Å². The van der Waals surface area contributed by atoms with Gasteiger partial charge in [-0.1, -0.05) is 26.8 Å². The number of pyridine rings is 1. The van der Waals surface area contributed by atoms with E-state index in [1.807, 2.05) is 40.7 Å². The molecule has 0 radical (unpaired) electrons. The molecule has 0 amide bonds. The van der Waals surface area contributed by atoms with Crippen molar-refractivity contribution >= 4 is 22.7 Å². The van der Waals surface area contributed by atoms with Crippen molar-refractivity contribution < 1.29 is 0 Å². The molecule has 0 aliphatic carbocycles. The van der Waals surface area contributed by atoms with Crippen LogP contribution in [0.15, 0.2) is 41.3 Å². The number of aromatic nitrogens is 5. The molecule has 0 spiro atoms. The zero-order chi connectivity index (χ0) is 25.6. The summed E-state index contributed by atoms with van der Waals surface area (Å²) < 4.78 is 3.37. The van der Waals surface area contributed by atoms with E-state index >= 15 is 0 Å². The van der Waals surface area contributed by atoms with Crippen LogP contribution in [0.25, 0.3) is 16.9 Å². The second-order valence-electron chi connectivity index (χ2n) is 10.4. The molecule has 0 atom stereocenters. The average Bonchev–Trinajstić information content (AvgIpc) is 3.15. The maximum atomic E-state index is 13.4. The third-order valence-corrected chi connectivity index (χ3v) is 6.39. The summed E-state index contributed by atoms with van der Waals surface area (Å²) in [5.41, 5.74) is 4.62. The summed E-state index contributed by atoms with van der Waals surface area (Å²) in [4.78, 5) is 27.4. The molecule has 5 rings (SSSR count). The first-order chi connectivity index (χ1) is 17.2. The Morgan fingerprint density at radius 1 is 1.14 bits per heavy atom. The molecular formula is C27H30N8O. The van der Waals surface area contributed by atoms with E-state index in [-0.39, 0.29) is 17.0 Å². The number of nitrogens with zero attached hydrogens (tertiary/aromatic N) is 6. The van der Waals surface area contributed by atoms with Crippen LogP contribution >= 0.6 is 0 Å². The van der Waals surface area contributed by atoms with Gasteiger partial charge in [0.25, 0.3) is 5.56 Å². The van der Waals surface area contributed by atoms with E-state index in [4.69, 9.17) is 9.97 Å². The fourth-order valence-electron chi connectivity index (χ4n) is 4.66. The van der Waals surface area contributed by atoms with Crippen LogP contribution in [0.2, 0.25) is 0 Å². The number of benzene rings is 1. The summed E-state index contributed by atoms with van der Waals surface area (Å²) in [7, 11) is 0. The molecular weight excluding hydrogens is 452 g/mol. The molecule has 0 unspecified atom stereocenters. The molecule has 0 saturated carbocycles. The van der Waals surface area contributed by atoms with Gasteiger partial charge in [-0.2, -0.15) is 10.2 Å². The number of nitrogens with one attached hydrogen (secondary N) is 2. The zero-order valence-corrected chi connectivity index (χ0v) is 21.3. The molecule has 0 saturated heterocycles. The maximum absolute atomic E-state index is 13.4.